The number of pyridine rings is 1. The molecule has 2 fully saturated rings. The van der Waals surface area contributed by atoms with E-state index in [9.17, 15) is 14.7 Å². The number of rotatable bonds is 5. The zero-order valence-electron chi connectivity index (χ0n) is 17.4. The van der Waals surface area contributed by atoms with Gasteiger partial charge in [-0.25, -0.2) is 0 Å². The zero-order valence-corrected chi connectivity index (χ0v) is 17.4. The van der Waals surface area contributed by atoms with Gasteiger partial charge in [0.25, 0.3) is 5.91 Å². The van der Waals surface area contributed by atoms with Gasteiger partial charge < -0.3 is 20.1 Å². The molecule has 8 nitrogen and oxygen atoms in total. The SMILES string of the molecule is O=C(N[C@]1(c2ccccc2)CCN(C(=O)CN2CCOCC2)C[C@H]1O)c1ccncc1. The Balaban J connectivity index is 1.51. The van der Waals surface area contributed by atoms with Crippen molar-refractivity contribution < 1.29 is 19.4 Å². The molecule has 2 atom stereocenters. The molecule has 0 unspecified atom stereocenters. The number of aliphatic hydroxyl groups is 1. The highest BCUT2D eigenvalue weighted by Gasteiger charge is 2.46. The Kier molecular flexibility index (Phi) is 6.60. The fraction of sp³-hybridized carbons (Fsp3) is 0.435. The summed E-state index contributed by atoms with van der Waals surface area (Å²) >= 11 is 0. The van der Waals surface area contributed by atoms with Crippen LogP contribution in [0, 0.1) is 0 Å². The number of β-amino-alcohol motifs (C(OH)–C–C–N with tert-alkyl or cyclic N) is 1. The Bertz CT molecular complexity index is 889. The number of ether oxygens (including phenoxy) is 1. The Hall–Kier alpha value is -2.81. The number of carbonyl (C=O) groups is 2. The topological polar surface area (TPSA) is 95.0 Å². The van der Waals surface area contributed by atoms with Gasteiger partial charge in [-0.3, -0.25) is 19.5 Å². The molecule has 0 spiro atoms. The number of hydrogen-bond donors (Lipinski definition) is 2. The third kappa shape index (κ3) is 4.76. The predicted molar refractivity (Wildman–Crippen MR) is 114 cm³/mol. The summed E-state index contributed by atoms with van der Waals surface area (Å²) in [6, 6.07) is 12.8. The zero-order chi connectivity index (χ0) is 21.7. The Labute approximate surface area is 181 Å². The summed E-state index contributed by atoms with van der Waals surface area (Å²) in [4.78, 5) is 33.5. The molecule has 164 valence electrons. The van der Waals surface area contributed by atoms with Crippen LogP contribution in [0.25, 0.3) is 0 Å². The van der Waals surface area contributed by atoms with Gasteiger partial charge in [0.2, 0.25) is 5.91 Å². The van der Waals surface area contributed by atoms with Crippen LogP contribution in [0.3, 0.4) is 0 Å². The molecule has 2 amide bonds. The summed E-state index contributed by atoms with van der Waals surface area (Å²) in [6.45, 7) is 3.66. The third-order valence-electron chi connectivity index (χ3n) is 6.12. The van der Waals surface area contributed by atoms with Crippen molar-refractivity contribution in [1.29, 1.82) is 0 Å². The maximum absolute atomic E-state index is 13.0. The van der Waals surface area contributed by atoms with Crippen molar-refractivity contribution in [1.82, 2.24) is 20.1 Å². The van der Waals surface area contributed by atoms with Crippen molar-refractivity contribution in [2.75, 3.05) is 45.9 Å². The van der Waals surface area contributed by atoms with Crippen LogP contribution < -0.4 is 5.32 Å². The van der Waals surface area contributed by atoms with E-state index in [1.165, 1.54) is 0 Å². The molecule has 0 saturated carbocycles. The van der Waals surface area contributed by atoms with E-state index < -0.39 is 11.6 Å². The van der Waals surface area contributed by atoms with E-state index in [0.29, 0.717) is 38.3 Å². The smallest absolute Gasteiger partial charge is 0.252 e. The summed E-state index contributed by atoms with van der Waals surface area (Å²) < 4.78 is 5.34. The van der Waals surface area contributed by atoms with Gasteiger partial charge in [0, 0.05) is 44.1 Å². The lowest BCUT2D eigenvalue weighted by molar-refractivity contribution is -0.139. The Morgan fingerprint density at radius 1 is 1.10 bits per heavy atom. The number of aliphatic hydroxyl groups excluding tert-OH is 1. The lowest BCUT2D eigenvalue weighted by Gasteiger charge is -2.46. The maximum Gasteiger partial charge on any atom is 0.252 e. The van der Waals surface area contributed by atoms with E-state index in [1.807, 2.05) is 30.3 Å². The molecule has 0 aliphatic carbocycles. The maximum atomic E-state index is 13.0. The minimum Gasteiger partial charge on any atom is -0.388 e. The molecule has 2 saturated heterocycles. The molecule has 1 aromatic carbocycles. The van der Waals surface area contributed by atoms with Gasteiger partial charge in [0.1, 0.15) is 0 Å². The summed E-state index contributed by atoms with van der Waals surface area (Å²) in [5, 5.41) is 14.3. The van der Waals surface area contributed by atoms with Crippen LogP contribution in [-0.2, 0) is 15.1 Å². The van der Waals surface area contributed by atoms with Crippen molar-refractivity contribution in [3.05, 3.63) is 66.0 Å². The minimum atomic E-state index is -0.975. The highest BCUT2D eigenvalue weighted by atomic mass is 16.5. The number of nitrogens with zero attached hydrogens (tertiary/aromatic N) is 3. The standard InChI is InChI=1S/C23H28N4O4/c28-20-16-27(21(29)17-26-12-14-31-15-13-26)11-8-23(20,19-4-2-1-3-5-19)25-22(30)18-6-9-24-10-7-18/h1-7,9-10,20,28H,8,11-17H2,(H,25,30)/t20-,23+/m1/s1. The first-order valence-electron chi connectivity index (χ1n) is 10.6. The molecule has 2 N–H and O–H groups in total. The first-order valence-corrected chi connectivity index (χ1v) is 10.6. The summed E-state index contributed by atoms with van der Waals surface area (Å²) in [5.41, 5.74) is 0.325. The third-order valence-corrected chi connectivity index (χ3v) is 6.12. The number of carbonyl (C=O) groups excluding carboxylic acids is 2. The van der Waals surface area contributed by atoms with Gasteiger partial charge in [0.15, 0.2) is 0 Å². The van der Waals surface area contributed by atoms with E-state index in [2.05, 4.69) is 15.2 Å². The second-order valence-electron chi connectivity index (χ2n) is 8.02. The van der Waals surface area contributed by atoms with Crippen LogP contribution in [-0.4, -0.2) is 83.7 Å². The van der Waals surface area contributed by atoms with Crippen LogP contribution >= 0.6 is 0 Å². The highest BCUT2D eigenvalue weighted by Crippen LogP contribution is 2.34. The van der Waals surface area contributed by atoms with E-state index in [-0.39, 0.29) is 18.4 Å². The van der Waals surface area contributed by atoms with Gasteiger partial charge >= 0.3 is 0 Å². The molecule has 2 aliphatic heterocycles. The normalized spacial score (nSPS) is 24.5. The molecule has 2 aromatic rings. The monoisotopic (exact) mass is 424 g/mol. The number of benzene rings is 1. The fourth-order valence-corrected chi connectivity index (χ4v) is 4.28. The largest absolute Gasteiger partial charge is 0.388 e. The molecule has 0 radical (unpaired) electrons. The highest BCUT2D eigenvalue weighted by molar-refractivity contribution is 5.94. The van der Waals surface area contributed by atoms with Crippen LogP contribution in [0.1, 0.15) is 22.3 Å². The Morgan fingerprint density at radius 2 is 1.81 bits per heavy atom. The van der Waals surface area contributed by atoms with Gasteiger partial charge in [-0.2, -0.15) is 0 Å². The van der Waals surface area contributed by atoms with Crippen LogP contribution in [0.2, 0.25) is 0 Å². The van der Waals surface area contributed by atoms with Crippen molar-refractivity contribution >= 4 is 11.8 Å². The average molecular weight is 425 g/mol. The molecule has 3 heterocycles. The Morgan fingerprint density at radius 3 is 2.48 bits per heavy atom. The van der Waals surface area contributed by atoms with Crippen LogP contribution in [0.15, 0.2) is 54.9 Å². The van der Waals surface area contributed by atoms with E-state index in [0.717, 1.165) is 18.7 Å². The van der Waals surface area contributed by atoms with Crippen LogP contribution in [0.5, 0.6) is 0 Å². The van der Waals surface area contributed by atoms with Gasteiger partial charge in [-0.15, -0.1) is 0 Å². The summed E-state index contributed by atoms with van der Waals surface area (Å²) in [5.74, 6) is -0.290. The summed E-state index contributed by atoms with van der Waals surface area (Å²) in [7, 11) is 0. The number of likely N-dealkylation sites (tertiary alicyclic amines) is 1. The molecule has 0 bridgehead atoms. The quantitative estimate of drug-likeness (QED) is 0.731. The molecule has 4 rings (SSSR count). The van der Waals surface area contributed by atoms with Gasteiger partial charge in [-0.1, -0.05) is 30.3 Å². The van der Waals surface area contributed by atoms with Crippen molar-refractivity contribution in [3.8, 4) is 0 Å². The first-order chi connectivity index (χ1) is 15.1. The molecule has 1 aromatic heterocycles. The van der Waals surface area contributed by atoms with Gasteiger partial charge in [0.05, 0.1) is 31.4 Å². The minimum absolute atomic E-state index is 0.0110. The lowest BCUT2D eigenvalue weighted by atomic mass is 9.78. The van der Waals surface area contributed by atoms with E-state index >= 15 is 0 Å². The molecule has 31 heavy (non-hydrogen) atoms. The lowest BCUT2D eigenvalue weighted by Crippen LogP contribution is -2.63. The molecular weight excluding hydrogens is 396 g/mol. The van der Waals surface area contributed by atoms with Crippen molar-refractivity contribution in [2.45, 2.75) is 18.1 Å². The molecule has 2 aliphatic rings. The fourth-order valence-electron chi connectivity index (χ4n) is 4.28. The van der Waals surface area contributed by atoms with Crippen LogP contribution in [0.4, 0.5) is 0 Å². The van der Waals surface area contributed by atoms with Crippen molar-refractivity contribution in [3.63, 3.8) is 0 Å². The number of piperidine rings is 1. The van der Waals surface area contributed by atoms with E-state index in [4.69, 9.17) is 4.74 Å². The summed E-state index contributed by atoms with van der Waals surface area (Å²) in [6.07, 6.45) is 2.60. The average Bonchev–Trinajstić information content (AvgIpc) is 2.82. The number of morpholine rings is 1. The second-order valence-corrected chi connectivity index (χ2v) is 8.02. The second kappa shape index (κ2) is 9.55. The predicted octanol–water partition coefficient (Wildman–Crippen LogP) is 0.632. The first kappa shape index (κ1) is 21.4. The number of hydrogen-bond acceptors (Lipinski definition) is 6. The van der Waals surface area contributed by atoms with Crippen molar-refractivity contribution in [2.24, 2.45) is 0 Å². The number of amides is 2. The van der Waals surface area contributed by atoms with Gasteiger partial charge in [-0.05, 0) is 24.1 Å². The number of nitrogens with one attached hydrogen (secondary N) is 1. The molecular formula is C23H28N4O4. The molecule has 8 heteroatoms. The number of aromatic nitrogens is 1. The van der Waals surface area contributed by atoms with E-state index in [1.54, 1.807) is 29.4 Å².